The van der Waals surface area contributed by atoms with Crippen molar-refractivity contribution in [2.24, 2.45) is 5.92 Å². The van der Waals surface area contributed by atoms with Gasteiger partial charge in [-0.05, 0) is 17.7 Å². The maximum atomic E-state index is 12.3. The molecule has 0 spiro atoms. The Morgan fingerprint density at radius 3 is 3.08 bits per heavy atom. The molecule has 2 aliphatic heterocycles. The Bertz CT molecular complexity index is 772. The Kier molecular flexibility index (Phi) is 3.72. The molecular weight excluding hydrogens is 306 g/mol. The summed E-state index contributed by atoms with van der Waals surface area (Å²) in [5, 5.41) is 4.21. The van der Waals surface area contributed by atoms with Crippen molar-refractivity contribution in [2.75, 3.05) is 25.1 Å². The van der Waals surface area contributed by atoms with Crippen molar-refractivity contribution >= 4 is 11.6 Å². The lowest BCUT2D eigenvalue weighted by Gasteiger charge is -2.27. The van der Waals surface area contributed by atoms with E-state index in [9.17, 15) is 4.79 Å². The van der Waals surface area contributed by atoms with E-state index in [0.717, 1.165) is 43.4 Å². The summed E-state index contributed by atoms with van der Waals surface area (Å²) < 4.78 is 7.74. The number of benzene rings is 1. The molecule has 1 amide bonds. The predicted octanol–water partition coefficient (Wildman–Crippen LogP) is 1.29. The normalized spacial score (nSPS) is 21.0. The van der Waals surface area contributed by atoms with Gasteiger partial charge in [-0.15, -0.1) is 0 Å². The van der Waals surface area contributed by atoms with Crippen LogP contribution in [-0.2, 0) is 24.4 Å². The first-order valence-electron chi connectivity index (χ1n) is 8.24. The van der Waals surface area contributed by atoms with E-state index >= 15 is 0 Å². The molecule has 0 fully saturated rings. The monoisotopic (exact) mass is 327 g/mol. The Balaban J connectivity index is 1.55. The van der Waals surface area contributed by atoms with E-state index in [-0.39, 0.29) is 11.8 Å². The van der Waals surface area contributed by atoms with Crippen LogP contribution >= 0.6 is 0 Å². The second kappa shape index (κ2) is 5.90. The van der Waals surface area contributed by atoms with Crippen molar-refractivity contribution in [3.8, 4) is 5.75 Å². The lowest BCUT2D eigenvalue weighted by atomic mass is 10.1. The number of nitrogens with zero attached hydrogens (tertiary/aromatic N) is 5. The predicted molar refractivity (Wildman–Crippen MR) is 88.6 cm³/mol. The third kappa shape index (κ3) is 2.65. The fourth-order valence-electron chi connectivity index (χ4n) is 3.29. The number of fused-ring (bicyclic) bond motifs is 2. The number of ether oxygens (including phenoxy) is 1. The summed E-state index contributed by atoms with van der Waals surface area (Å²) in [4.78, 5) is 20.7. The van der Waals surface area contributed by atoms with E-state index in [2.05, 4.69) is 27.1 Å². The first-order chi connectivity index (χ1) is 11.6. The largest absolute Gasteiger partial charge is 0.491 e. The topological polar surface area (TPSA) is 63.5 Å². The van der Waals surface area contributed by atoms with Gasteiger partial charge in [-0.2, -0.15) is 5.10 Å². The fourth-order valence-corrected chi connectivity index (χ4v) is 3.29. The van der Waals surface area contributed by atoms with E-state index in [1.807, 2.05) is 24.7 Å². The van der Waals surface area contributed by atoms with Gasteiger partial charge in [0, 0.05) is 20.1 Å². The van der Waals surface area contributed by atoms with Gasteiger partial charge in [-0.3, -0.25) is 9.69 Å². The quantitative estimate of drug-likeness (QED) is 0.831. The molecule has 1 unspecified atom stereocenters. The first kappa shape index (κ1) is 15.1. The highest BCUT2D eigenvalue weighted by atomic mass is 16.5. The Morgan fingerprint density at radius 1 is 1.33 bits per heavy atom. The van der Waals surface area contributed by atoms with Crippen LogP contribution in [0.1, 0.15) is 18.3 Å². The molecule has 4 rings (SSSR count). The molecule has 2 aliphatic rings. The molecule has 0 radical (unpaired) electrons. The number of carbonyl (C=O) groups excluding carboxylic acids is 1. The van der Waals surface area contributed by atoms with E-state index in [1.54, 1.807) is 11.2 Å². The van der Waals surface area contributed by atoms with Crippen LogP contribution in [0.2, 0.25) is 0 Å². The Hall–Kier alpha value is -2.41. The molecule has 1 aromatic heterocycles. The standard InChI is InChI=1S/C17H21N5O2/c1-12-10-24-15-4-3-13(7-14(15)20(2)17(12)23)8-21-5-6-22-16(9-21)18-11-19-22/h3-4,7,11-12H,5-6,8-10H2,1-2H3. The van der Waals surface area contributed by atoms with Crippen LogP contribution in [0.4, 0.5) is 5.69 Å². The van der Waals surface area contributed by atoms with Gasteiger partial charge in [0.25, 0.3) is 0 Å². The van der Waals surface area contributed by atoms with E-state index < -0.39 is 0 Å². The lowest BCUT2D eigenvalue weighted by molar-refractivity contribution is -0.122. The maximum absolute atomic E-state index is 12.3. The van der Waals surface area contributed by atoms with Gasteiger partial charge >= 0.3 is 0 Å². The highest BCUT2D eigenvalue weighted by molar-refractivity contribution is 5.96. The van der Waals surface area contributed by atoms with Crippen molar-refractivity contribution in [3.05, 3.63) is 35.9 Å². The minimum Gasteiger partial charge on any atom is -0.491 e. The highest BCUT2D eigenvalue weighted by Gasteiger charge is 2.26. The molecule has 0 aliphatic carbocycles. The second-order valence-electron chi connectivity index (χ2n) is 6.52. The van der Waals surface area contributed by atoms with Crippen LogP contribution in [0, 0.1) is 5.92 Å². The molecule has 7 nitrogen and oxygen atoms in total. The van der Waals surface area contributed by atoms with Crippen LogP contribution in [0.15, 0.2) is 24.5 Å². The zero-order chi connectivity index (χ0) is 16.7. The van der Waals surface area contributed by atoms with E-state index in [4.69, 9.17) is 4.74 Å². The van der Waals surface area contributed by atoms with Gasteiger partial charge in [-0.25, -0.2) is 9.67 Å². The number of carbonyl (C=O) groups is 1. The van der Waals surface area contributed by atoms with Crippen LogP contribution < -0.4 is 9.64 Å². The first-order valence-corrected chi connectivity index (χ1v) is 8.24. The summed E-state index contributed by atoms with van der Waals surface area (Å²) in [7, 11) is 1.82. The van der Waals surface area contributed by atoms with Crippen LogP contribution in [0.3, 0.4) is 0 Å². The average molecular weight is 327 g/mol. The molecule has 24 heavy (non-hydrogen) atoms. The molecule has 126 valence electrons. The Morgan fingerprint density at radius 2 is 2.21 bits per heavy atom. The second-order valence-corrected chi connectivity index (χ2v) is 6.52. The number of amides is 1. The third-order valence-corrected chi connectivity index (χ3v) is 4.72. The number of hydrogen-bond donors (Lipinski definition) is 0. The van der Waals surface area contributed by atoms with Gasteiger partial charge < -0.3 is 9.64 Å². The Labute approximate surface area is 140 Å². The number of anilines is 1. The minimum atomic E-state index is -0.126. The van der Waals surface area contributed by atoms with Gasteiger partial charge in [0.1, 0.15) is 17.9 Å². The summed E-state index contributed by atoms with van der Waals surface area (Å²) >= 11 is 0. The molecule has 1 aromatic carbocycles. The van der Waals surface area contributed by atoms with E-state index in [1.165, 1.54) is 5.56 Å². The number of rotatable bonds is 2. The summed E-state index contributed by atoms with van der Waals surface area (Å²) in [5.74, 6) is 1.74. The molecule has 7 heteroatoms. The highest BCUT2D eigenvalue weighted by Crippen LogP contribution is 2.33. The molecule has 1 atom stereocenters. The van der Waals surface area contributed by atoms with Gasteiger partial charge in [-0.1, -0.05) is 13.0 Å². The molecular formula is C17H21N5O2. The molecule has 3 heterocycles. The average Bonchev–Trinajstić information content (AvgIpc) is 3.03. The molecule has 0 saturated carbocycles. The smallest absolute Gasteiger partial charge is 0.233 e. The SMILES string of the molecule is CC1COc2ccc(CN3CCn4ncnc4C3)cc2N(C)C1=O. The van der Waals surface area contributed by atoms with Crippen molar-refractivity contribution in [2.45, 2.75) is 26.6 Å². The number of aromatic nitrogens is 3. The minimum absolute atomic E-state index is 0.0944. The van der Waals surface area contributed by atoms with Crippen molar-refractivity contribution in [1.29, 1.82) is 0 Å². The third-order valence-electron chi connectivity index (χ3n) is 4.72. The maximum Gasteiger partial charge on any atom is 0.233 e. The zero-order valence-corrected chi connectivity index (χ0v) is 14.0. The molecule has 0 saturated heterocycles. The van der Waals surface area contributed by atoms with Gasteiger partial charge in [0.15, 0.2) is 0 Å². The summed E-state index contributed by atoms with van der Waals surface area (Å²) in [6, 6.07) is 6.11. The van der Waals surface area contributed by atoms with Crippen LogP contribution in [0.5, 0.6) is 5.75 Å². The van der Waals surface area contributed by atoms with Crippen molar-refractivity contribution < 1.29 is 9.53 Å². The summed E-state index contributed by atoms with van der Waals surface area (Å²) in [6.45, 7) is 5.74. The zero-order valence-electron chi connectivity index (χ0n) is 14.0. The summed E-state index contributed by atoms with van der Waals surface area (Å²) in [6.07, 6.45) is 1.61. The van der Waals surface area contributed by atoms with E-state index in [0.29, 0.717) is 6.61 Å². The van der Waals surface area contributed by atoms with Gasteiger partial charge in [0.2, 0.25) is 5.91 Å². The lowest BCUT2D eigenvalue weighted by Crippen LogP contribution is -2.34. The van der Waals surface area contributed by atoms with Crippen LogP contribution in [0.25, 0.3) is 0 Å². The van der Waals surface area contributed by atoms with Crippen LogP contribution in [-0.4, -0.2) is 45.8 Å². The van der Waals surface area contributed by atoms with Crippen molar-refractivity contribution in [3.63, 3.8) is 0 Å². The molecule has 0 bridgehead atoms. The fraction of sp³-hybridized carbons (Fsp3) is 0.471. The molecule has 2 aromatic rings. The molecule has 0 N–H and O–H groups in total. The van der Waals surface area contributed by atoms with Gasteiger partial charge in [0.05, 0.1) is 31.3 Å². The number of hydrogen-bond acceptors (Lipinski definition) is 5. The summed E-state index contributed by atoms with van der Waals surface area (Å²) in [5.41, 5.74) is 2.02. The van der Waals surface area contributed by atoms with Crippen molar-refractivity contribution in [1.82, 2.24) is 19.7 Å².